The highest BCUT2D eigenvalue weighted by Gasteiger charge is 2.28. The topological polar surface area (TPSA) is 232 Å². The average Bonchev–Trinajstić information content (AvgIpc) is 3.20. The van der Waals surface area contributed by atoms with Gasteiger partial charge in [0.25, 0.3) is 0 Å². The number of esters is 2. The first-order valence-corrected chi connectivity index (χ1v) is 23.1. The molecular formula is C44H76NO13P. The number of allylic oxidation sites excluding steroid dienone is 7. The van der Waals surface area contributed by atoms with Crippen LogP contribution in [0.25, 0.3) is 0 Å². The summed E-state index contributed by atoms with van der Waals surface area (Å²) in [6.07, 6.45) is 32.3. The van der Waals surface area contributed by atoms with Crippen LogP contribution in [-0.4, -0.2) is 93.5 Å². The number of carboxylic acids is 1. The Morgan fingerprint density at radius 1 is 0.644 bits per heavy atom. The molecule has 0 aliphatic rings. The number of aliphatic hydroxyl groups excluding tert-OH is 3. The van der Waals surface area contributed by atoms with Gasteiger partial charge in [0.2, 0.25) is 0 Å². The van der Waals surface area contributed by atoms with Gasteiger partial charge in [-0.15, -0.1) is 0 Å². The molecule has 0 bridgehead atoms. The van der Waals surface area contributed by atoms with E-state index in [1.807, 2.05) is 19.1 Å². The van der Waals surface area contributed by atoms with Crippen molar-refractivity contribution < 1.29 is 62.8 Å². The number of carbonyl (C=O) groups excluding carboxylic acids is 2. The molecule has 0 heterocycles. The Labute approximate surface area is 353 Å². The maximum atomic E-state index is 12.6. The van der Waals surface area contributed by atoms with Crippen molar-refractivity contribution in [2.24, 2.45) is 5.73 Å². The first-order valence-electron chi connectivity index (χ1n) is 21.6. The number of nitrogens with two attached hydrogens (primary N) is 1. The molecule has 0 saturated heterocycles. The fourth-order valence-corrected chi connectivity index (χ4v) is 6.36. The highest BCUT2D eigenvalue weighted by molar-refractivity contribution is 7.47. The molecular weight excluding hydrogens is 781 g/mol. The van der Waals surface area contributed by atoms with Crippen LogP contribution in [0.1, 0.15) is 149 Å². The van der Waals surface area contributed by atoms with Gasteiger partial charge in [-0.1, -0.05) is 164 Å². The quantitative estimate of drug-likeness (QED) is 0.0113. The number of unbranched alkanes of at least 4 members (excludes halogenated alkanes) is 14. The molecule has 0 fully saturated rings. The van der Waals surface area contributed by atoms with Crippen molar-refractivity contribution in [2.45, 2.75) is 179 Å². The molecule has 14 nitrogen and oxygen atoms in total. The number of rotatable bonds is 39. The van der Waals surface area contributed by atoms with Crippen LogP contribution in [0.4, 0.5) is 0 Å². The van der Waals surface area contributed by atoms with Gasteiger partial charge in [0.1, 0.15) is 12.6 Å². The van der Waals surface area contributed by atoms with Gasteiger partial charge in [0.15, 0.2) is 6.10 Å². The van der Waals surface area contributed by atoms with Gasteiger partial charge in [0.05, 0.1) is 31.5 Å². The Morgan fingerprint density at radius 2 is 1.15 bits per heavy atom. The molecule has 59 heavy (non-hydrogen) atoms. The van der Waals surface area contributed by atoms with E-state index in [-0.39, 0.29) is 25.7 Å². The Kier molecular flexibility index (Phi) is 36.1. The fourth-order valence-electron chi connectivity index (χ4n) is 5.58. The van der Waals surface area contributed by atoms with Crippen LogP contribution in [-0.2, 0) is 37.5 Å². The zero-order chi connectivity index (χ0) is 44.0. The van der Waals surface area contributed by atoms with Gasteiger partial charge in [0, 0.05) is 12.8 Å². The zero-order valence-electron chi connectivity index (χ0n) is 35.7. The van der Waals surface area contributed by atoms with Gasteiger partial charge in [-0.05, 0) is 32.1 Å². The van der Waals surface area contributed by atoms with E-state index >= 15 is 0 Å². The molecule has 0 saturated carbocycles. The molecule has 0 amide bonds. The zero-order valence-corrected chi connectivity index (χ0v) is 36.6. The van der Waals surface area contributed by atoms with E-state index in [1.165, 1.54) is 76.7 Å². The van der Waals surface area contributed by atoms with Crippen molar-refractivity contribution in [1.29, 1.82) is 0 Å². The van der Waals surface area contributed by atoms with E-state index in [0.717, 1.165) is 25.7 Å². The number of phosphoric ester groups is 1. The molecule has 0 aromatic heterocycles. The number of aliphatic carboxylic acids is 1. The first-order chi connectivity index (χ1) is 28.3. The third kappa shape index (κ3) is 36.6. The third-order valence-corrected chi connectivity index (χ3v) is 10.1. The Bertz CT molecular complexity index is 1290. The Balaban J connectivity index is 4.71. The molecule has 0 rings (SSSR count). The largest absolute Gasteiger partial charge is 0.480 e. The molecule has 340 valence electrons. The standard InChI is InChI=1S/C44H76NO13P/c1-3-5-7-8-9-10-11-12-13-14-15-16-17-22-26-32-42(49)55-34-38(35-56-59(53,54)57-36-39(45)44(51)52)58-43(50)33-27-31-41(48)40(47)30-25-21-19-18-20-24-29-37(46)28-23-6-4-2/h6,18-21,23-25,29-30,37-41,46-48H,3-5,7-17,22,26-28,31-36,45H2,1-2H3,(H,51,52)(H,53,54)/b20-18+,21-19-,23-6-,29-24+,30-25-/t37-,38+,39-,40+,41+/m0/s1. The molecule has 0 aliphatic heterocycles. The number of hydrogen-bond acceptors (Lipinski definition) is 12. The average molecular weight is 858 g/mol. The van der Waals surface area contributed by atoms with E-state index in [0.29, 0.717) is 12.8 Å². The number of ether oxygens (including phenoxy) is 2. The summed E-state index contributed by atoms with van der Waals surface area (Å²) in [6.45, 7) is 2.26. The molecule has 0 radical (unpaired) electrons. The van der Waals surface area contributed by atoms with Crippen molar-refractivity contribution in [1.82, 2.24) is 0 Å². The predicted molar refractivity (Wildman–Crippen MR) is 230 cm³/mol. The summed E-state index contributed by atoms with van der Waals surface area (Å²) < 4.78 is 32.4. The monoisotopic (exact) mass is 858 g/mol. The maximum Gasteiger partial charge on any atom is 0.472 e. The minimum absolute atomic E-state index is 0.0453. The van der Waals surface area contributed by atoms with Gasteiger partial charge in [-0.3, -0.25) is 23.4 Å². The summed E-state index contributed by atoms with van der Waals surface area (Å²) in [5.41, 5.74) is 5.31. The predicted octanol–water partition coefficient (Wildman–Crippen LogP) is 8.08. The van der Waals surface area contributed by atoms with Crippen LogP contribution < -0.4 is 5.73 Å². The number of aliphatic hydroxyl groups is 3. The summed E-state index contributed by atoms with van der Waals surface area (Å²) >= 11 is 0. The second kappa shape index (κ2) is 38.0. The molecule has 0 aliphatic carbocycles. The van der Waals surface area contributed by atoms with Gasteiger partial charge >= 0.3 is 25.7 Å². The van der Waals surface area contributed by atoms with Crippen LogP contribution in [0.15, 0.2) is 60.8 Å². The summed E-state index contributed by atoms with van der Waals surface area (Å²) in [5, 5.41) is 39.3. The summed E-state index contributed by atoms with van der Waals surface area (Å²) in [5.74, 6) is -2.76. The molecule has 6 atom stereocenters. The maximum absolute atomic E-state index is 12.6. The van der Waals surface area contributed by atoms with Gasteiger partial charge in [-0.25, -0.2) is 4.57 Å². The third-order valence-electron chi connectivity index (χ3n) is 9.12. The van der Waals surface area contributed by atoms with Crippen LogP contribution in [0, 0.1) is 0 Å². The van der Waals surface area contributed by atoms with E-state index < -0.39 is 76.0 Å². The Hall–Kier alpha value is -2.94. The van der Waals surface area contributed by atoms with Crippen molar-refractivity contribution in [2.75, 3.05) is 19.8 Å². The lowest BCUT2D eigenvalue weighted by molar-refractivity contribution is -0.161. The number of carboxylic acid groups (broad SMARTS) is 1. The van der Waals surface area contributed by atoms with E-state index in [2.05, 4.69) is 11.4 Å². The number of carbonyl (C=O) groups is 3. The molecule has 15 heteroatoms. The van der Waals surface area contributed by atoms with E-state index in [9.17, 15) is 39.2 Å². The highest BCUT2D eigenvalue weighted by Crippen LogP contribution is 2.43. The minimum Gasteiger partial charge on any atom is -0.480 e. The van der Waals surface area contributed by atoms with Crippen molar-refractivity contribution in [3.63, 3.8) is 0 Å². The van der Waals surface area contributed by atoms with Crippen LogP contribution in [0.5, 0.6) is 0 Å². The Morgan fingerprint density at radius 3 is 1.71 bits per heavy atom. The summed E-state index contributed by atoms with van der Waals surface area (Å²) in [7, 11) is -4.82. The fraction of sp³-hybridized carbons (Fsp3) is 0.705. The van der Waals surface area contributed by atoms with Crippen molar-refractivity contribution in [3.8, 4) is 0 Å². The summed E-state index contributed by atoms with van der Waals surface area (Å²) in [4.78, 5) is 46.0. The lowest BCUT2D eigenvalue weighted by Crippen LogP contribution is -2.34. The number of phosphoric acid groups is 1. The first kappa shape index (κ1) is 56.1. The normalized spacial score (nSPS) is 15.9. The molecule has 7 N–H and O–H groups in total. The van der Waals surface area contributed by atoms with Crippen LogP contribution >= 0.6 is 7.82 Å². The smallest absolute Gasteiger partial charge is 0.472 e. The van der Waals surface area contributed by atoms with E-state index in [4.69, 9.17) is 24.8 Å². The lowest BCUT2D eigenvalue weighted by Gasteiger charge is -2.20. The molecule has 0 aromatic carbocycles. The second-order valence-corrected chi connectivity index (χ2v) is 16.1. The molecule has 0 spiro atoms. The second-order valence-electron chi connectivity index (χ2n) is 14.7. The lowest BCUT2D eigenvalue weighted by atomic mass is 10.0. The minimum atomic E-state index is -4.82. The highest BCUT2D eigenvalue weighted by atomic mass is 31.2. The van der Waals surface area contributed by atoms with Crippen molar-refractivity contribution in [3.05, 3.63) is 60.8 Å². The van der Waals surface area contributed by atoms with Crippen LogP contribution in [0.2, 0.25) is 0 Å². The van der Waals surface area contributed by atoms with Gasteiger partial charge in [-0.2, -0.15) is 0 Å². The molecule has 1 unspecified atom stereocenters. The van der Waals surface area contributed by atoms with Crippen LogP contribution in [0.3, 0.4) is 0 Å². The van der Waals surface area contributed by atoms with E-state index in [1.54, 1.807) is 42.5 Å². The van der Waals surface area contributed by atoms with Crippen molar-refractivity contribution >= 4 is 25.7 Å². The SMILES string of the molecule is CC/C=C\C[C@H](O)/C=C/C=C/C=C\C=C/[C@@H](O)[C@H](O)CCCC(=O)O[C@H](COC(=O)CCCCCCCCCCCCCCCCC)COP(=O)(O)OC[C@H](N)C(=O)O. The summed E-state index contributed by atoms with van der Waals surface area (Å²) in [6, 6.07) is -1.58. The molecule has 0 aromatic rings. The number of hydrogen-bond donors (Lipinski definition) is 6. The van der Waals surface area contributed by atoms with Gasteiger partial charge < -0.3 is 40.5 Å².